The van der Waals surface area contributed by atoms with E-state index in [0.717, 1.165) is 0 Å². The maximum atomic E-state index is 11.8. The van der Waals surface area contributed by atoms with E-state index >= 15 is 0 Å². The summed E-state index contributed by atoms with van der Waals surface area (Å²) >= 11 is 0. The Morgan fingerprint density at radius 2 is 2.35 bits per heavy atom. The molecule has 2 rings (SSSR count). The van der Waals surface area contributed by atoms with E-state index in [2.05, 4.69) is 5.10 Å². The molecule has 0 saturated carbocycles. The maximum absolute atomic E-state index is 11.8. The standard InChI is InChI=1S/C11H17N3O3/c1-11(2,3)17-10(15)8-4-9-14(13-8)5-7(12)6-16-9/h4,7H,5-6,12H2,1-3H3. The molecule has 6 heteroatoms. The molecule has 94 valence electrons. The summed E-state index contributed by atoms with van der Waals surface area (Å²) in [7, 11) is 0. The van der Waals surface area contributed by atoms with Crippen LogP contribution < -0.4 is 10.5 Å². The van der Waals surface area contributed by atoms with Crippen LogP contribution in [-0.4, -0.2) is 34.0 Å². The minimum atomic E-state index is -0.529. The van der Waals surface area contributed by atoms with E-state index in [4.69, 9.17) is 15.2 Å². The van der Waals surface area contributed by atoms with Gasteiger partial charge in [0.15, 0.2) is 5.69 Å². The average molecular weight is 239 g/mol. The number of nitrogens with zero attached hydrogens (tertiary/aromatic N) is 2. The molecule has 0 spiro atoms. The highest BCUT2D eigenvalue weighted by Crippen LogP contribution is 2.20. The Hall–Kier alpha value is -1.56. The molecule has 0 aliphatic carbocycles. The molecule has 0 fully saturated rings. The lowest BCUT2D eigenvalue weighted by molar-refractivity contribution is 0.00618. The van der Waals surface area contributed by atoms with Crippen molar-refractivity contribution >= 4 is 5.97 Å². The van der Waals surface area contributed by atoms with Crippen LogP contribution in [0.5, 0.6) is 5.88 Å². The Morgan fingerprint density at radius 1 is 1.65 bits per heavy atom. The third kappa shape index (κ3) is 2.76. The lowest BCUT2D eigenvalue weighted by Crippen LogP contribution is -2.37. The number of hydrogen-bond acceptors (Lipinski definition) is 5. The first-order valence-electron chi connectivity index (χ1n) is 5.55. The molecule has 2 N–H and O–H groups in total. The summed E-state index contributed by atoms with van der Waals surface area (Å²) in [5.41, 5.74) is 5.46. The predicted molar refractivity (Wildman–Crippen MR) is 60.9 cm³/mol. The fourth-order valence-electron chi connectivity index (χ4n) is 1.54. The molecule has 1 aliphatic heterocycles. The molecule has 1 aromatic rings. The van der Waals surface area contributed by atoms with Crippen LogP contribution in [0.4, 0.5) is 0 Å². The molecular weight excluding hydrogens is 222 g/mol. The molecule has 1 aliphatic rings. The van der Waals surface area contributed by atoms with Gasteiger partial charge < -0.3 is 15.2 Å². The number of carbonyl (C=O) groups is 1. The summed E-state index contributed by atoms with van der Waals surface area (Å²) in [6.07, 6.45) is 0. The Morgan fingerprint density at radius 3 is 3.00 bits per heavy atom. The third-order valence-electron chi connectivity index (χ3n) is 2.20. The molecule has 1 unspecified atom stereocenters. The SMILES string of the molecule is CC(C)(C)OC(=O)c1cc2n(n1)CC(N)CO2. The zero-order chi connectivity index (χ0) is 12.6. The molecule has 1 aromatic heterocycles. The summed E-state index contributed by atoms with van der Waals surface area (Å²) in [5, 5.41) is 4.12. The summed E-state index contributed by atoms with van der Waals surface area (Å²) in [6, 6.07) is 1.49. The van der Waals surface area contributed by atoms with Gasteiger partial charge in [0.25, 0.3) is 0 Å². The van der Waals surface area contributed by atoms with Gasteiger partial charge in [0.1, 0.15) is 12.2 Å². The molecule has 2 heterocycles. The van der Waals surface area contributed by atoms with Crippen molar-refractivity contribution in [2.75, 3.05) is 6.61 Å². The average Bonchev–Trinajstić information content (AvgIpc) is 2.57. The van der Waals surface area contributed by atoms with Crippen LogP contribution in [0.1, 0.15) is 31.3 Å². The second-order valence-electron chi connectivity index (χ2n) is 5.12. The van der Waals surface area contributed by atoms with Crippen LogP contribution in [0.25, 0.3) is 0 Å². The number of fused-ring (bicyclic) bond motifs is 1. The second kappa shape index (κ2) is 4.03. The van der Waals surface area contributed by atoms with E-state index in [1.165, 1.54) is 0 Å². The summed E-state index contributed by atoms with van der Waals surface area (Å²) in [5.74, 6) is 0.115. The minimum absolute atomic E-state index is 0.0890. The fraction of sp³-hybridized carbons (Fsp3) is 0.636. The van der Waals surface area contributed by atoms with Gasteiger partial charge in [0.2, 0.25) is 5.88 Å². The largest absolute Gasteiger partial charge is 0.476 e. The van der Waals surface area contributed by atoms with E-state index in [9.17, 15) is 4.79 Å². The van der Waals surface area contributed by atoms with Crippen LogP contribution in [0.3, 0.4) is 0 Å². The first kappa shape index (κ1) is 11.9. The number of hydrogen-bond donors (Lipinski definition) is 1. The first-order valence-corrected chi connectivity index (χ1v) is 5.55. The van der Waals surface area contributed by atoms with Crippen molar-refractivity contribution in [3.8, 4) is 5.88 Å². The van der Waals surface area contributed by atoms with E-state index in [-0.39, 0.29) is 11.7 Å². The van der Waals surface area contributed by atoms with E-state index in [1.54, 1.807) is 10.7 Å². The lowest BCUT2D eigenvalue weighted by atomic mass is 10.2. The van der Waals surface area contributed by atoms with Gasteiger partial charge in [-0.15, -0.1) is 0 Å². The van der Waals surface area contributed by atoms with E-state index in [1.807, 2.05) is 20.8 Å². The molecule has 1 atom stereocenters. The highest BCUT2D eigenvalue weighted by Gasteiger charge is 2.24. The van der Waals surface area contributed by atoms with Crippen molar-refractivity contribution in [2.24, 2.45) is 5.73 Å². The summed E-state index contributed by atoms with van der Waals surface area (Å²) in [6.45, 7) is 6.44. The van der Waals surface area contributed by atoms with Gasteiger partial charge in [0.05, 0.1) is 12.6 Å². The third-order valence-corrected chi connectivity index (χ3v) is 2.20. The second-order valence-corrected chi connectivity index (χ2v) is 5.12. The van der Waals surface area contributed by atoms with E-state index < -0.39 is 11.6 Å². The Kier molecular flexibility index (Phi) is 2.82. The first-order chi connectivity index (χ1) is 7.85. The van der Waals surface area contributed by atoms with Crippen molar-refractivity contribution in [1.82, 2.24) is 9.78 Å². The minimum Gasteiger partial charge on any atom is -0.476 e. The zero-order valence-corrected chi connectivity index (χ0v) is 10.3. The van der Waals surface area contributed by atoms with Crippen LogP contribution >= 0.6 is 0 Å². The van der Waals surface area contributed by atoms with Crippen LogP contribution in [0.2, 0.25) is 0 Å². The Bertz CT molecular complexity index is 434. The van der Waals surface area contributed by atoms with Gasteiger partial charge in [-0.3, -0.25) is 0 Å². The van der Waals surface area contributed by atoms with Gasteiger partial charge in [-0.2, -0.15) is 5.10 Å². The topological polar surface area (TPSA) is 79.4 Å². The fourth-order valence-corrected chi connectivity index (χ4v) is 1.54. The molecule has 6 nitrogen and oxygen atoms in total. The smallest absolute Gasteiger partial charge is 0.359 e. The number of rotatable bonds is 1. The van der Waals surface area contributed by atoms with Crippen molar-refractivity contribution < 1.29 is 14.3 Å². The lowest BCUT2D eigenvalue weighted by Gasteiger charge is -2.20. The molecule has 0 saturated heterocycles. The highest BCUT2D eigenvalue weighted by atomic mass is 16.6. The molecule has 0 radical (unpaired) electrons. The number of aromatic nitrogens is 2. The van der Waals surface area contributed by atoms with Gasteiger partial charge in [-0.05, 0) is 20.8 Å². The molecule has 17 heavy (non-hydrogen) atoms. The highest BCUT2D eigenvalue weighted by molar-refractivity contribution is 5.87. The van der Waals surface area contributed by atoms with Crippen LogP contribution in [0.15, 0.2) is 6.07 Å². The van der Waals surface area contributed by atoms with Crippen molar-refractivity contribution in [2.45, 2.75) is 39.0 Å². The molecule has 0 amide bonds. The number of esters is 1. The quantitative estimate of drug-likeness (QED) is 0.724. The van der Waals surface area contributed by atoms with Crippen molar-refractivity contribution in [3.05, 3.63) is 11.8 Å². The Labute approximate surface area is 99.7 Å². The number of nitrogens with two attached hydrogens (primary N) is 1. The summed E-state index contributed by atoms with van der Waals surface area (Å²) in [4.78, 5) is 11.8. The zero-order valence-electron chi connectivity index (χ0n) is 10.3. The van der Waals surface area contributed by atoms with Gasteiger partial charge in [-0.1, -0.05) is 0 Å². The molecular formula is C11H17N3O3. The van der Waals surface area contributed by atoms with Gasteiger partial charge >= 0.3 is 5.97 Å². The van der Waals surface area contributed by atoms with Gasteiger partial charge in [0, 0.05) is 6.07 Å². The van der Waals surface area contributed by atoms with Crippen molar-refractivity contribution in [3.63, 3.8) is 0 Å². The molecule has 0 aromatic carbocycles. The summed E-state index contributed by atoms with van der Waals surface area (Å²) < 4.78 is 12.2. The predicted octanol–water partition coefficient (Wildman–Crippen LogP) is 0.558. The number of ether oxygens (including phenoxy) is 2. The van der Waals surface area contributed by atoms with Gasteiger partial charge in [-0.25, -0.2) is 9.48 Å². The van der Waals surface area contributed by atoms with Crippen molar-refractivity contribution in [1.29, 1.82) is 0 Å². The normalized spacial score (nSPS) is 19.4. The maximum Gasteiger partial charge on any atom is 0.359 e. The Balaban J connectivity index is 2.15. The van der Waals surface area contributed by atoms with E-state index in [0.29, 0.717) is 19.0 Å². The monoisotopic (exact) mass is 239 g/mol. The number of carbonyl (C=O) groups excluding carboxylic acids is 1. The van der Waals surface area contributed by atoms with Crippen LogP contribution in [0, 0.1) is 0 Å². The molecule has 0 bridgehead atoms. The van der Waals surface area contributed by atoms with Crippen LogP contribution in [-0.2, 0) is 11.3 Å².